The third-order valence-electron chi connectivity index (χ3n) is 2.27. The van der Waals surface area contributed by atoms with Crippen LogP contribution in [0.2, 0.25) is 0 Å². The maximum atomic E-state index is 11.2. The molecule has 0 saturated heterocycles. The Labute approximate surface area is 104 Å². The number of benzene rings is 1. The summed E-state index contributed by atoms with van der Waals surface area (Å²) in [7, 11) is 0. The van der Waals surface area contributed by atoms with E-state index in [4.69, 9.17) is 5.73 Å². The van der Waals surface area contributed by atoms with Gasteiger partial charge in [0.05, 0.1) is 5.56 Å². The van der Waals surface area contributed by atoms with Gasteiger partial charge in [0.2, 0.25) is 0 Å². The Balaban J connectivity index is 2.30. The molecular formula is C13H12N2OS. The van der Waals surface area contributed by atoms with Gasteiger partial charge in [-0.15, -0.1) is 0 Å². The molecule has 0 saturated carbocycles. The lowest BCUT2D eigenvalue weighted by atomic mass is 10.2. The van der Waals surface area contributed by atoms with Crippen LogP contribution in [0.5, 0.6) is 0 Å². The molecule has 0 radical (unpaired) electrons. The van der Waals surface area contributed by atoms with Gasteiger partial charge in [-0.05, 0) is 31.2 Å². The molecule has 1 amide bonds. The summed E-state index contributed by atoms with van der Waals surface area (Å²) in [6.07, 6.45) is 1.66. The van der Waals surface area contributed by atoms with Crippen molar-refractivity contribution in [1.82, 2.24) is 4.98 Å². The Morgan fingerprint density at radius 3 is 2.59 bits per heavy atom. The molecule has 0 unspecified atom stereocenters. The van der Waals surface area contributed by atoms with Gasteiger partial charge >= 0.3 is 0 Å². The Morgan fingerprint density at radius 2 is 1.94 bits per heavy atom. The number of primary amides is 1. The summed E-state index contributed by atoms with van der Waals surface area (Å²) in [4.78, 5) is 16.5. The second-order valence-electron chi connectivity index (χ2n) is 3.64. The first-order valence-electron chi connectivity index (χ1n) is 5.16. The third-order valence-corrected chi connectivity index (χ3v) is 3.30. The summed E-state index contributed by atoms with van der Waals surface area (Å²) in [6.45, 7) is 2.03. The topological polar surface area (TPSA) is 56.0 Å². The van der Waals surface area contributed by atoms with E-state index in [2.05, 4.69) is 4.98 Å². The minimum atomic E-state index is -0.451. The van der Waals surface area contributed by atoms with E-state index in [1.165, 1.54) is 17.3 Å². The van der Waals surface area contributed by atoms with Crippen LogP contribution in [0.1, 0.15) is 15.9 Å². The van der Waals surface area contributed by atoms with Crippen LogP contribution in [0.15, 0.2) is 52.5 Å². The van der Waals surface area contributed by atoms with Crippen LogP contribution in [0.4, 0.5) is 0 Å². The lowest BCUT2D eigenvalue weighted by Gasteiger charge is -2.05. The molecular weight excluding hydrogens is 232 g/mol. The van der Waals surface area contributed by atoms with Gasteiger partial charge in [0.15, 0.2) is 0 Å². The van der Waals surface area contributed by atoms with Gasteiger partial charge in [0.25, 0.3) is 5.91 Å². The summed E-state index contributed by atoms with van der Waals surface area (Å²) >= 11 is 1.44. The van der Waals surface area contributed by atoms with Crippen molar-refractivity contribution in [2.24, 2.45) is 5.73 Å². The Hall–Kier alpha value is -1.81. The van der Waals surface area contributed by atoms with Gasteiger partial charge in [-0.1, -0.05) is 29.5 Å². The van der Waals surface area contributed by atoms with Gasteiger partial charge in [0, 0.05) is 11.1 Å². The fourth-order valence-electron chi connectivity index (χ4n) is 1.38. The summed E-state index contributed by atoms with van der Waals surface area (Å²) < 4.78 is 0. The third kappa shape index (κ3) is 2.85. The number of rotatable bonds is 3. The van der Waals surface area contributed by atoms with Gasteiger partial charge in [0.1, 0.15) is 5.03 Å². The van der Waals surface area contributed by atoms with E-state index >= 15 is 0 Å². The fraction of sp³-hybridized carbons (Fsp3) is 0.0769. The zero-order valence-corrected chi connectivity index (χ0v) is 10.2. The van der Waals surface area contributed by atoms with E-state index in [0.29, 0.717) is 10.6 Å². The van der Waals surface area contributed by atoms with E-state index in [-0.39, 0.29) is 0 Å². The monoisotopic (exact) mass is 244 g/mol. The molecule has 3 nitrogen and oxygen atoms in total. The average Bonchev–Trinajstić information content (AvgIpc) is 2.32. The molecule has 17 heavy (non-hydrogen) atoms. The van der Waals surface area contributed by atoms with Gasteiger partial charge in [-0.3, -0.25) is 4.79 Å². The van der Waals surface area contributed by atoms with E-state index in [0.717, 1.165) is 4.90 Å². The van der Waals surface area contributed by atoms with E-state index < -0.39 is 5.91 Å². The van der Waals surface area contributed by atoms with Crippen molar-refractivity contribution in [3.8, 4) is 0 Å². The quantitative estimate of drug-likeness (QED) is 0.903. The molecule has 1 heterocycles. The normalized spacial score (nSPS) is 10.2. The maximum Gasteiger partial charge on any atom is 0.251 e. The number of nitrogens with zero attached hydrogens (tertiary/aromatic N) is 1. The predicted octanol–water partition coefficient (Wildman–Crippen LogP) is 2.64. The number of nitrogens with two attached hydrogens (primary N) is 1. The van der Waals surface area contributed by atoms with Crippen LogP contribution < -0.4 is 5.73 Å². The molecule has 0 aliphatic heterocycles. The van der Waals surface area contributed by atoms with Crippen molar-refractivity contribution < 1.29 is 4.79 Å². The van der Waals surface area contributed by atoms with Crippen molar-refractivity contribution in [1.29, 1.82) is 0 Å². The second-order valence-corrected chi connectivity index (χ2v) is 4.70. The molecule has 86 valence electrons. The predicted molar refractivity (Wildman–Crippen MR) is 68.1 cm³/mol. The molecule has 2 N–H and O–H groups in total. The van der Waals surface area contributed by atoms with Crippen LogP contribution in [0.25, 0.3) is 0 Å². The minimum Gasteiger partial charge on any atom is -0.366 e. The first-order chi connectivity index (χ1) is 8.16. The summed E-state index contributed by atoms with van der Waals surface area (Å²) in [6, 6.07) is 11.4. The van der Waals surface area contributed by atoms with Crippen LogP contribution in [-0.4, -0.2) is 10.9 Å². The molecule has 0 aliphatic rings. The van der Waals surface area contributed by atoms with Crippen molar-refractivity contribution >= 4 is 17.7 Å². The summed E-state index contributed by atoms with van der Waals surface area (Å²) in [5.74, 6) is -0.451. The van der Waals surface area contributed by atoms with Crippen LogP contribution >= 0.6 is 11.8 Å². The number of amides is 1. The Morgan fingerprint density at radius 1 is 1.24 bits per heavy atom. The molecule has 0 fully saturated rings. The highest BCUT2D eigenvalue weighted by Crippen LogP contribution is 2.28. The molecule has 0 spiro atoms. The van der Waals surface area contributed by atoms with Gasteiger partial charge in [-0.2, -0.15) is 0 Å². The minimum absolute atomic E-state index is 0.451. The highest BCUT2D eigenvalue weighted by molar-refractivity contribution is 7.99. The zero-order valence-electron chi connectivity index (χ0n) is 9.38. The van der Waals surface area contributed by atoms with E-state index in [9.17, 15) is 4.79 Å². The number of hydrogen-bond donors (Lipinski definition) is 1. The molecule has 1 aromatic carbocycles. The fourth-order valence-corrected chi connectivity index (χ4v) is 2.27. The lowest BCUT2D eigenvalue weighted by molar-refractivity contribution is 0.0997. The highest BCUT2D eigenvalue weighted by Gasteiger charge is 2.09. The summed E-state index contributed by atoms with van der Waals surface area (Å²) in [5, 5.41) is 0.642. The largest absolute Gasteiger partial charge is 0.366 e. The summed E-state index contributed by atoms with van der Waals surface area (Å²) in [5.41, 5.74) is 6.96. The van der Waals surface area contributed by atoms with Crippen molar-refractivity contribution in [3.05, 3.63) is 53.7 Å². The zero-order chi connectivity index (χ0) is 12.3. The number of carbonyl (C=O) groups is 1. The van der Waals surface area contributed by atoms with Crippen LogP contribution in [0, 0.1) is 6.92 Å². The van der Waals surface area contributed by atoms with Crippen molar-refractivity contribution in [3.63, 3.8) is 0 Å². The highest BCUT2D eigenvalue weighted by atomic mass is 32.2. The average molecular weight is 244 g/mol. The molecule has 0 bridgehead atoms. The second kappa shape index (κ2) is 5.01. The number of pyridine rings is 1. The number of aromatic nitrogens is 1. The maximum absolute atomic E-state index is 11.2. The molecule has 4 heteroatoms. The van der Waals surface area contributed by atoms with Crippen molar-refractivity contribution in [2.45, 2.75) is 16.8 Å². The van der Waals surface area contributed by atoms with Crippen LogP contribution in [-0.2, 0) is 0 Å². The molecule has 0 atom stereocenters. The first-order valence-corrected chi connectivity index (χ1v) is 5.98. The molecule has 2 rings (SSSR count). The van der Waals surface area contributed by atoms with Gasteiger partial charge in [-0.25, -0.2) is 4.98 Å². The van der Waals surface area contributed by atoms with E-state index in [1.54, 1.807) is 18.3 Å². The molecule has 1 aromatic heterocycles. The molecule has 2 aromatic rings. The number of carbonyl (C=O) groups excluding carboxylic acids is 1. The SMILES string of the molecule is Cc1ccc(Sc2ncccc2C(N)=O)cc1. The lowest BCUT2D eigenvalue weighted by Crippen LogP contribution is -2.12. The number of hydrogen-bond acceptors (Lipinski definition) is 3. The standard InChI is InChI=1S/C13H12N2OS/c1-9-4-6-10(7-5-9)17-13-11(12(14)16)3-2-8-15-13/h2-8H,1H3,(H2,14,16). The number of aryl methyl sites for hydroxylation is 1. The Bertz CT molecular complexity index is 537. The Kier molecular flexibility index (Phi) is 3.44. The van der Waals surface area contributed by atoms with Gasteiger partial charge < -0.3 is 5.73 Å². The van der Waals surface area contributed by atoms with Crippen molar-refractivity contribution in [2.75, 3.05) is 0 Å². The van der Waals surface area contributed by atoms with E-state index in [1.807, 2.05) is 31.2 Å². The molecule has 0 aliphatic carbocycles. The first kappa shape index (κ1) is 11.7. The smallest absolute Gasteiger partial charge is 0.251 e. The van der Waals surface area contributed by atoms with Crippen LogP contribution in [0.3, 0.4) is 0 Å².